The Balaban J connectivity index is 2.24. The molecule has 98 valence electrons. The van der Waals surface area contributed by atoms with E-state index in [-0.39, 0.29) is 23.7 Å². The number of hydrogen-bond acceptors (Lipinski definition) is 3. The average Bonchev–Trinajstić information content (AvgIpc) is 2.31. The third-order valence-corrected chi connectivity index (χ3v) is 3.11. The SMILES string of the molecule is CC1CN(C(=O)c2ccc(F)cc2N)C(C)CO1. The zero-order valence-corrected chi connectivity index (χ0v) is 10.5. The smallest absolute Gasteiger partial charge is 0.256 e. The zero-order valence-electron chi connectivity index (χ0n) is 10.5. The summed E-state index contributed by atoms with van der Waals surface area (Å²) in [5.74, 6) is -0.609. The van der Waals surface area contributed by atoms with Gasteiger partial charge in [0, 0.05) is 12.2 Å². The molecular weight excluding hydrogens is 235 g/mol. The van der Waals surface area contributed by atoms with Crippen LogP contribution in [0.5, 0.6) is 0 Å². The van der Waals surface area contributed by atoms with Crippen molar-refractivity contribution < 1.29 is 13.9 Å². The molecule has 18 heavy (non-hydrogen) atoms. The molecule has 1 amide bonds. The highest BCUT2D eigenvalue weighted by atomic mass is 19.1. The third kappa shape index (κ3) is 2.46. The number of amides is 1. The number of benzene rings is 1. The average molecular weight is 252 g/mol. The minimum absolute atomic E-state index is 0.00171. The molecular formula is C13H17FN2O2. The van der Waals surface area contributed by atoms with E-state index in [0.29, 0.717) is 18.7 Å². The molecule has 2 rings (SSSR count). The molecule has 0 saturated carbocycles. The van der Waals surface area contributed by atoms with Gasteiger partial charge in [0.05, 0.1) is 24.3 Å². The van der Waals surface area contributed by atoms with Gasteiger partial charge in [0.1, 0.15) is 5.82 Å². The van der Waals surface area contributed by atoms with Crippen molar-refractivity contribution in [2.45, 2.75) is 26.0 Å². The van der Waals surface area contributed by atoms with Gasteiger partial charge in [-0.2, -0.15) is 0 Å². The Hall–Kier alpha value is -1.62. The Morgan fingerprint density at radius 1 is 1.50 bits per heavy atom. The Kier molecular flexibility index (Phi) is 3.52. The zero-order chi connectivity index (χ0) is 13.3. The van der Waals surface area contributed by atoms with E-state index in [1.54, 1.807) is 4.90 Å². The van der Waals surface area contributed by atoms with Crippen LogP contribution in [-0.4, -0.2) is 36.1 Å². The van der Waals surface area contributed by atoms with Crippen molar-refractivity contribution in [1.82, 2.24) is 4.90 Å². The maximum Gasteiger partial charge on any atom is 0.256 e. The topological polar surface area (TPSA) is 55.6 Å². The van der Waals surface area contributed by atoms with Gasteiger partial charge < -0.3 is 15.4 Å². The highest BCUT2D eigenvalue weighted by Crippen LogP contribution is 2.20. The summed E-state index contributed by atoms with van der Waals surface area (Å²) in [7, 11) is 0. The van der Waals surface area contributed by atoms with E-state index in [1.165, 1.54) is 18.2 Å². The number of carbonyl (C=O) groups excluding carboxylic acids is 1. The van der Waals surface area contributed by atoms with E-state index in [2.05, 4.69) is 0 Å². The fourth-order valence-corrected chi connectivity index (χ4v) is 2.07. The molecule has 0 aliphatic carbocycles. The lowest BCUT2D eigenvalue weighted by Gasteiger charge is -2.37. The van der Waals surface area contributed by atoms with Crippen LogP contribution in [0.2, 0.25) is 0 Å². The van der Waals surface area contributed by atoms with Gasteiger partial charge in [-0.15, -0.1) is 0 Å². The molecule has 1 aliphatic rings. The maximum absolute atomic E-state index is 13.0. The maximum atomic E-state index is 13.0. The molecule has 2 N–H and O–H groups in total. The first-order chi connectivity index (χ1) is 8.49. The summed E-state index contributed by atoms with van der Waals surface area (Å²) in [6, 6.07) is 3.85. The summed E-state index contributed by atoms with van der Waals surface area (Å²) in [6.45, 7) is 4.87. The molecule has 4 nitrogen and oxygen atoms in total. The summed E-state index contributed by atoms with van der Waals surface area (Å²) in [5.41, 5.74) is 6.21. The normalized spacial score (nSPS) is 24.1. The first kappa shape index (κ1) is 12.8. The molecule has 0 aromatic heterocycles. The molecule has 0 radical (unpaired) electrons. The van der Waals surface area contributed by atoms with Crippen LogP contribution < -0.4 is 5.73 Å². The van der Waals surface area contributed by atoms with E-state index in [9.17, 15) is 9.18 Å². The molecule has 2 unspecified atom stereocenters. The van der Waals surface area contributed by atoms with Gasteiger partial charge >= 0.3 is 0 Å². The van der Waals surface area contributed by atoms with E-state index in [0.717, 1.165) is 0 Å². The van der Waals surface area contributed by atoms with Crippen molar-refractivity contribution in [3.8, 4) is 0 Å². The van der Waals surface area contributed by atoms with Gasteiger partial charge in [-0.3, -0.25) is 4.79 Å². The highest BCUT2D eigenvalue weighted by molar-refractivity contribution is 5.99. The van der Waals surface area contributed by atoms with Crippen molar-refractivity contribution in [2.75, 3.05) is 18.9 Å². The summed E-state index contributed by atoms with van der Waals surface area (Å²) in [6.07, 6.45) is 0.00632. The van der Waals surface area contributed by atoms with Crippen LogP contribution in [0, 0.1) is 5.82 Å². The third-order valence-electron chi connectivity index (χ3n) is 3.11. The van der Waals surface area contributed by atoms with E-state index in [4.69, 9.17) is 10.5 Å². The van der Waals surface area contributed by atoms with Crippen molar-refractivity contribution >= 4 is 11.6 Å². The number of halogens is 1. The fourth-order valence-electron chi connectivity index (χ4n) is 2.07. The van der Waals surface area contributed by atoms with Gasteiger partial charge in [-0.25, -0.2) is 4.39 Å². The van der Waals surface area contributed by atoms with E-state index < -0.39 is 5.82 Å². The molecule has 0 spiro atoms. The molecule has 1 aliphatic heterocycles. The number of rotatable bonds is 1. The molecule has 1 heterocycles. The lowest BCUT2D eigenvalue weighted by Crippen LogP contribution is -2.50. The van der Waals surface area contributed by atoms with Crippen molar-refractivity contribution in [3.05, 3.63) is 29.6 Å². The van der Waals surface area contributed by atoms with Gasteiger partial charge in [0.25, 0.3) is 5.91 Å². The molecule has 1 fully saturated rings. The van der Waals surface area contributed by atoms with Crippen LogP contribution in [0.3, 0.4) is 0 Å². The second-order valence-corrected chi connectivity index (χ2v) is 4.68. The minimum Gasteiger partial charge on any atom is -0.398 e. The standard InChI is InChI=1S/C13H17FN2O2/c1-8-7-18-9(2)6-16(8)13(17)11-4-3-10(14)5-12(11)15/h3-5,8-9H,6-7,15H2,1-2H3. The Labute approximate surface area is 106 Å². The number of morpholine rings is 1. The first-order valence-electron chi connectivity index (χ1n) is 5.96. The number of anilines is 1. The van der Waals surface area contributed by atoms with Gasteiger partial charge in [-0.05, 0) is 32.0 Å². The predicted octanol–water partition coefficient (Wildman–Crippen LogP) is 1.66. The summed E-state index contributed by atoms with van der Waals surface area (Å²) < 4.78 is 18.4. The Bertz CT molecular complexity index is 464. The molecule has 1 saturated heterocycles. The van der Waals surface area contributed by atoms with Crippen LogP contribution >= 0.6 is 0 Å². The van der Waals surface area contributed by atoms with Gasteiger partial charge in [0.15, 0.2) is 0 Å². The fraction of sp³-hybridized carbons (Fsp3) is 0.462. The monoisotopic (exact) mass is 252 g/mol. The van der Waals surface area contributed by atoms with Crippen LogP contribution in [0.25, 0.3) is 0 Å². The van der Waals surface area contributed by atoms with Crippen LogP contribution in [0.15, 0.2) is 18.2 Å². The number of nitrogen functional groups attached to an aromatic ring is 1. The molecule has 1 aromatic carbocycles. The number of nitrogens with zero attached hydrogens (tertiary/aromatic N) is 1. The largest absolute Gasteiger partial charge is 0.398 e. The van der Waals surface area contributed by atoms with Crippen LogP contribution in [-0.2, 0) is 4.74 Å². The molecule has 2 atom stereocenters. The number of nitrogens with two attached hydrogens (primary N) is 1. The molecule has 0 bridgehead atoms. The Morgan fingerprint density at radius 3 is 2.89 bits per heavy atom. The number of hydrogen-bond donors (Lipinski definition) is 1. The quantitative estimate of drug-likeness (QED) is 0.773. The second-order valence-electron chi connectivity index (χ2n) is 4.68. The summed E-state index contributed by atoms with van der Waals surface area (Å²) in [4.78, 5) is 14.1. The second kappa shape index (κ2) is 4.94. The van der Waals surface area contributed by atoms with Crippen LogP contribution in [0.1, 0.15) is 24.2 Å². The molecule has 1 aromatic rings. The summed E-state index contributed by atoms with van der Waals surface area (Å²) >= 11 is 0. The van der Waals surface area contributed by atoms with E-state index in [1.807, 2.05) is 13.8 Å². The minimum atomic E-state index is -0.438. The Morgan fingerprint density at radius 2 is 2.22 bits per heavy atom. The molecule has 5 heteroatoms. The predicted molar refractivity (Wildman–Crippen MR) is 66.7 cm³/mol. The first-order valence-corrected chi connectivity index (χ1v) is 5.96. The van der Waals surface area contributed by atoms with Gasteiger partial charge in [-0.1, -0.05) is 0 Å². The summed E-state index contributed by atoms with van der Waals surface area (Å²) in [5, 5.41) is 0. The highest BCUT2D eigenvalue weighted by Gasteiger charge is 2.29. The number of ether oxygens (including phenoxy) is 1. The lowest BCUT2D eigenvalue weighted by molar-refractivity contribution is -0.0386. The van der Waals surface area contributed by atoms with Gasteiger partial charge in [0.2, 0.25) is 0 Å². The number of carbonyl (C=O) groups is 1. The van der Waals surface area contributed by atoms with Crippen molar-refractivity contribution in [3.63, 3.8) is 0 Å². The lowest BCUT2D eigenvalue weighted by atomic mass is 10.1. The van der Waals surface area contributed by atoms with Crippen molar-refractivity contribution in [2.24, 2.45) is 0 Å². The van der Waals surface area contributed by atoms with Crippen molar-refractivity contribution in [1.29, 1.82) is 0 Å². The van der Waals surface area contributed by atoms with E-state index >= 15 is 0 Å². The van der Waals surface area contributed by atoms with Crippen LogP contribution in [0.4, 0.5) is 10.1 Å².